The van der Waals surface area contributed by atoms with Crippen LogP contribution in [-0.2, 0) is 9.53 Å². The van der Waals surface area contributed by atoms with Gasteiger partial charge in [-0.2, -0.15) is 0 Å². The molecule has 1 aliphatic rings. The number of pyridine rings is 1. The van der Waals surface area contributed by atoms with Crippen LogP contribution in [0.5, 0.6) is 0 Å². The zero-order valence-corrected chi connectivity index (χ0v) is 11.9. The molecule has 1 heterocycles. The van der Waals surface area contributed by atoms with Crippen LogP contribution in [-0.4, -0.2) is 35.0 Å². The summed E-state index contributed by atoms with van der Waals surface area (Å²) in [7, 11) is 0. The molecule has 0 radical (unpaired) electrons. The zero-order valence-electron chi connectivity index (χ0n) is 11.9. The fourth-order valence-electron chi connectivity index (χ4n) is 1.53. The summed E-state index contributed by atoms with van der Waals surface area (Å²) in [5.41, 5.74) is 1.02. The van der Waals surface area contributed by atoms with Crippen molar-refractivity contribution in [3.63, 3.8) is 0 Å². The summed E-state index contributed by atoms with van der Waals surface area (Å²) in [6.07, 6.45) is 2.16. The summed E-state index contributed by atoms with van der Waals surface area (Å²) < 4.78 is 4.99. The van der Waals surface area contributed by atoms with Crippen LogP contribution in [0.25, 0.3) is 0 Å². The fraction of sp³-hybridized carbons (Fsp3) is 0.429. The Bertz CT molecular complexity index is 552. The van der Waals surface area contributed by atoms with Gasteiger partial charge in [0.15, 0.2) is 6.10 Å². The molecular formula is C14H17N3O4. The highest BCUT2D eigenvalue weighted by atomic mass is 16.5. The average molecular weight is 291 g/mol. The molecule has 1 aromatic heterocycles. The third-order valence-corrected chi connectivity index (χ3v) is 2.95. The van der Waals surface area contributed by atoms with Crippen LogP contribution in [0.15, 0.2) is 18.3 Å². The summed E-state index contributed by atoms with van der Waals surface area (Å²) in [6, 6.07) is 2.82. The van der Waals surface area contributed by atoms with Gasteiger partial charge >= 0.3 is 12.0 Å². The van der Waals surface area contributed by atoms with Gasteiger partial charge in [-0.05, 0) is 38.8 Å². The van der Waals surface area contributed by atoms with E-state index in [-0.39, 0.29) is 11.6 Å². The van der Waals surface area contributed by atoms with E-state index >= 15 is 0 Å². The zero-order chi connectivity index (χ0) is 15.4. The molecule has 0 saturated heterocycles. The number of urea groups is 1. The van der Waals surface area contributed by atoms with Gasteiger partial charge in [-0.1, -0.05) is 0 Å². The molecule has 1 aliphatic carbocycles. The first kappa shape index (κ1) is 15.0. The quantitative estimate of drug-likeness (QED) is 0.804. The minimum atomic E-state index is -1.07. The molecule has 0 aromatic carbocycles. The Hall–Kier alpha value is -2.44. The average Bonchev–Trinajstić information content (AvgIpc) is 3.22. The lowest BCUT2D eigenvalue weighted by Crippen LogP contribution is -2.45. The summed E-state index contributed by atoms with van der Waals surface area (Å²) in [6.45, 7) is 3.20. The van der Waals surface area contributed by atoms with Gasteiger partial charge < -0.3 is 10.1 Å². The van der Waals surface area contributed by atoms with Crippen LogP contribution in [0, 0.1) is 6.92 Å². The second kappa shape index (κ2) is 6.34. The van der Waals surface area contributed by atoms with Crippen LogP contribution in [0.4, 0.5) is 4.79 Å². The second-order valence-corrected chi connectivity index (χ2v) is 4.97. The first-order valence-electron chi connectivity index (χ1n) is 6.70. The molecule has 21 heavy (non-hydrogen) atoms. The van der Waals surface area contributed by atoms with E-state index in [4.69, 9.17) is 4.74 Å². The lowest BCUT2D eigenvalue weighted by Gasteiger charge is -2.13. The molecule has 1 aromatic rings. The van der Waals surface area contributed by atoms with Crippen molar-refractivity contribution in [3.8, 4) is 0 Å². The molecule has 7 heteroatoms. The van der Waals surface area contributed by atoms with Crippen molar-refractivity contribution in [2.75, 3.05) is 0 Å². The van der Waals surface area contributed by atoms with Gasteiger partial charge in [0.05, 0.1) is 5.56 Å². The Balaban J connectivity index is 1.83. The molecule has 1 unspecified atom stereocenters. The van der Waals surface area contributed by atoms with Crippen molar-refractivity contribution in [1.82, 2.24) is 15.6 Å². The van der Waals surface area contributed by atoms with Gasteiger partial charge in [-0.15, -0.1) is 0 Å². The van der Waals surface area contributed by atoms with Gasteiger partial charge in [-0.3, -0.25) is 15.1 Å². The Morgan fingerprint density at radius 1 is 1.33 bits per heavy atom. The van der Waals surface area contributed by atoms with Crippen molar-refractivity contribution in [2.45, 2.75) is 38.8 Å². The van der Waals surface area contributed by atoms with E-state index in [0.29, 0.717) is 0 Å². The van der Waals surface area contributed by atoms with Crippen molar-refractivity contribution in [1.29, 1.82) is 0 Å². The summed E-state index contributed by atoms with van der Waals surface area (Å²) in [5, 5.41) is 4.74. The lowest BCUT2D eigenvalue weighted by molar-refractivity contribution is -0.127. The number of aryl methyl sites for hydroxylation is 1. The molecule has 112 valence electrons. The highest BCUT2D eigenvalue weighted by Gasteiger charge is 2.26. The highest BCUT2D eigenvalue weighted by molar-refractivity contribution is 5.98. The maximum Gasteiger partial charge on any atom is 0.340 e. The molecule has 1 fully saturated rings. The van der Waals surface area contributed by atoms with Gasteiger partial charge in [-0.25, -0.2) is 9.59 Å². The Kier molecular flexibility index (Phi) is 4.52. The Labute approximate surface area is 122 Å². The minimum Gasteiger partial charge on any atom is -0.449 e. The maximum absolute atomic E-state index is 11.8. The molecule has 0 aliphatic heterocycles. The van der Waals surface area contributed by atoms with E-state index in [2.05, 4.69) is 15.6 Å². The van der Waals surface area contributed by atoms with Crippen LogP contribution in [0.1, 0.15) is 35.8 Å². The topological polar surface area (TPSA) is 97.4 Å². The molecule has 2 N–H and O–H groups in total. The summed E-state index contributed by atoms with van der Waals surface area (Å²) >= 11 is 0. The third-order valence-electron chi connectivity index (χ3n) is 2.95. The number of imide groups is 1. The number of carbonyl (C=O) groups is 3. The second-order valence-electron chi connectivity index (χ2n) is 4.97. The number of hydrogen-bond acceptors (Lipinski definition) is 5. The largest absolute Gasteiger partial charge is 0.449 e. The van der Waals surface area contributed by atoms with Gasteiger partial charge in [0, 0.05) is 17.9 Å². The predicted octanol–water partition coefficient (Wildman–Crippen LogP) is 0.924. The van der Waals surface area contributed by atoms with Crippen molar-refractivity contribution in [2.24, 2.45) is 0 Å². The standard InChI is InChI=1S/C14H17N3O4/c1-8-3-4-10(7-15-8)13(19)21-9(2)12(18)17-14(20)16-11-5-6-11/h3-4,7,9,11H,5-6H2,1-2H3,(H2,16,17,18,20). The highest BCUT2D eigenvalue weighted by Crippen LogP contribution is 2.18. The van der Waals surface area contributed by atoms with E-state index in [9.17, 15) is 14.4 Å². The Morgan fingerprint density at radius 2 is 2.05 bits per heavy atom. The lowest BCUT2D eigenvalue weighted by atomic mass is 10.2. The van der Waals surface area contributed by atoms with Gasteiger partial charge in [0.25, 0.3) is 5.91 Å². The molecule has 0 spiro atoms. The number of hydrogen-bond donors (Lipinski definition) is 2. The number of amides is 3. The minimum absolute atomic E-state index is 0.147. The number of carbonyl (C=O) groups excluding carboxylic acids is 3. The molecule has 0 bridgehead atoms. The first-order valence-corrected chi connectivity index (χ1v) is 6.70. The predicted molar refractivity (Wildman–Crippen MR) is 73.5 cm³/mol. The van der Waals surface area contributed by atoms with E-state index in [1.807, 2.05) is 0 Å². The summed E-state index contributed by atoms with van der Waals surface area (Å²) in [4.78, 5) is 38.9. The fourth-order valence-corrected chi connectivity index (χ4v) is 1.53. The van der Waals surface area contributed by atoms with Crippen LogP contribution in [0.3, 0.4) is 0 Å². The molecule has 7 nitrogen and oxygen atoms in total. The molecule has 2 rings (SSSR count). The number of nitrogens with zero attached hydrogens (tertiary/aromatic N) is 1. The smallest absolute Gasteiger partial charge is 0.340 e. The summed E-state index contributed by atoms with van der Waals surface area (Å²) in [5.74, 6) is -1.32. The Morgan fingerprint density at radius 3 is 2.62 bits per heavy atom. The van der Waals surface area contributed by atoms with Crippen molar-refractivity contribution < 1.29 is 19.1 Å². The van der Waals surface area contributed by atoms with E-state index in [0.717, 1.165) is 18.5 Å². The number of aromatic nitrogens is 1. The van der Waals surface area contributed by atoms with Gasteiger partial charge in [0.2, 0.25) is 0 Å². The van der Waals surface area contributed by atoms with Crippen LogP contribution < -0.4 is 10.6 Å². The third kappa shape index (κ3) is 4.55. The van der Waals surface area contributed by atoms with Crippen molar-refractivity contribution in [3.05, 3.63) is 29.6 Å². The normalized spacial score (nSPS) is 15.0. The number of esters is 1. The van der Waals surface area contributed by atoms with E-state index < -0.39 is 24.0 Å². The number of ether oxygens (including phenoxy) is 1. The monoisotopic (exact) mass is 291 g/mol. The molecule has 1 saturated carbocycles. The number of nitrogens with one attached hydrogen (secondary N) is 2. The van der Waals surface area contributed by atoms with Gasteiger partial charge in [0.1, 0.15) is 0 Å². The van der Waals surface area contributed by atoms with Crippen LogP contribution in [0.2, 0.25) is 0 Å². The first-order chi connectivity index (χ1) is 9.95. The SMILES string of the molecule is Cc1ccc(C(=O)OC(C)C(=O)NC(=O)NC2CC2)cn1. The van der Waals surface area contributed by atoms with E-state index in [1.165, 1.54) is 13.1 Å². The molecule has 1 atom stereocenters. The molecule has 3 amide bonds. The molecular weight excluding hydrogens is 274 g/mol. The van der Waals surface area contributed by atoms with E-state index in [1.54, 1.807) is 19.1 Å². The maximum atomic E-state index is 11.8. The van der Waals surface area contributed by atoms with Crippen LogP contribution >= 0.6 is 0 Å². The van der Waals surface area contributed by atoms with Crippen molar-refractivity contribution >= 4 is 17.9 Å². The number of rotatable bonds is 4.